The van der Waals surface area contributed by atoms with Crippen LogP contribution in [-0.4, -0.2) is 25.6 Å². The van der Waals surface area contributed by atoms with Gasteiger partial charge in [-0.25, -0.2) is 0 Å². The van der Waals surface area contributed by atoms with Gasteiger partial charge < -0.3 is 14.6 Å². The molecule has 0 spiro atoms. The zero-order valence-electron chi connectivity index (χ0n) is 14.8. The lowest BCUT2D eigenvalue weighted by atomic mass is 10.0. The van der Waals surface area contributed by atoms with Gasteiger partial charge in [0.05, 0.1) is 0 Å². The van der Waals surface area contributed by atoms with E-state index in [2.05, 4.69) is 12.1 Å². The van der Waals surface area contributed by atoms with Crippen LogP contribution in [0.4, 0.5) is 0 Å². The summed E-state index contributed by atoms with van der Waals surface area (Å²) in [6.45, 7) is 0.662. The topological polar surface area (TPSA) is 38.7 Å². The molecule has 0 fully saturated rings. The molecular formula is C20H34O3. The van der Waals surface area contributed by atoms with Crippen molar-refractivity contribution >= 4 is 0 Å². The van der Waals surface area contributed by atoms with Crippen LogP contribution in [0.1, 0.15) is 69.8 Å². The highest BCUT2D eigenvalue weighted by molar-refractivity contribution is 5.33. The zero-order valence-corrected chi connectivity index (χ0v) is 14.8. The molecule has 23 heavy (non-hydrogen) atoms. The van der Waals surface area contributed by atoms with E-state index in [0.717, 1.165) is 18.6 Å². The molecule has 1 aromatic rings. The quantitative estimate of drug-likeness (QED) is 0.360. The Labute approximate surface area is 142 Å². The summed E-state index contributed by atoms with van der Waals surface area (Å²) in [5.74, 6) is 0.956. The van der Waals surface area contributed by atoms with Crippen LogP contribution in [0.15, 0.2) is 24.3 Å². The highest BCUT2D eigenvalue weighted by atomic mass is 16.7. The first-order valence-electron chi connectivity index (χ1n) is 9.19. The van der Waals surface area contributed by atoms with E-state index in [-0.39, 0.29) is 0 Å². The molecule has 3 heteroatoms. The fourth-order valence-electron chi connectivity index (χ4n) is 2.82. The first kappa shape index (κ1) is 20.0. The van der Waals surface area contributed by atoms with Gasteiger partial charge >= 0.3 is 0 Å². The van der Waals surface area contributed by atoms with Gasteiger partial charge in [0, 0.05) is 13.7 Å². The Morgan fingerprint density at radius 1 is 0.783 bits per heavy atom. The summed E-state index contributed by atoms with van der Waals surface area (Å²) in [6.07, 6.45) is 13.7. The number of unbranched alkanes of at least 4 members (excludes halogenated alkanes) is 9. The van der Waals surface area contributed by atoms with Crippen molar-refractivity contribution in [2.24, 2.45) is 0 Å². The Bertz CT molecular complexity index is 379. The molecule has 0 saturated heterocycles. The van der Waals surface area contributed by atoms with Gasteiger partial charge in [0.25, 0.3) is 0 Å². The highest BCUT2D eigenvalue weighted by Crippen LogP contribution is 2.21. The lowest BCUT2D eigenvalue weighted by Crippen LogP contribution is -2.01. The van der Waals surface area contributed by atoms with Crippen molar-refractivity contribution in [2.45, 2.75) is 70.6 Å². The van der Waals surface area contributed by atoms with E-state index < -0.39 is 0 Å². The van der Waals surface area contributed by atoms with Crippen molar-refractivity contribution < 1.29 is 14.6 Å². The Hall–Kier alpha value is -1.06. The molecular weight excluding hydrogens is 288 g/mol. The summed E-state index contributed by atoms with van der Waals surface area (Å²) in [5, 5.41) is 8.72. The summed E-state index contributed by atoms with van der Waals surface area (Å²) in [7, 11) is 1.65. The van der Waals surface area contributed by atoms with Crippen molar-refractivity contribution in [3.63, 3.8) is 0 Å². The average molecular weight is 322 g/mol. The van der Waals surface area contributed by atoms with Gasteiger partial charge in [0.15, 0.2) is 6.79 Å². The number of benzene rings is 1. The second kappa shape index (κ2) is 14.5. The predicted molar refractivity (Wildman–Crippen MR) is 95.9 cm³/mol. The molecule has 3 nitrogen and oxygen atoms in total. The Morgan fingerprint density at radius 2 is 1.35 bits per heavy atom. The fraction of sp³-hybridized carbons (Fsp3) is 0.700. The van der Waals surface area contributed by atoms with E-state index in [4.69, 9.17) is 14.6 Å². The van der Waals surface area contributed by atoms with E-state index in [0.29, 0.717) is 13.4 Å². The standard InChI is InChI=1S/C20H34O3/c1-22-18-23-20-16-12-11-15-19(20)14-10-8-6-4-2-3-5-7-9-13-17-21/h11-12,15-16,21H,2-10,13-14,17-18H2,1H3. The van der Waals surface area contributed by atoms with Gasteiger partial charge in [-0.1, -0.05) is 69.6 Å². The van der Waals surface area contributed by atoms with E-state index in [1.807, 2.05) is 12.1 Å². The van der Waals surface area contributed by atoms with Crippen LogP contribution in [0, 0.1) is 0 Å². The minimum absolute atomic E-state index is 0.315. The Balaban J connectivity index is 2.00. The molecule has 0 aliphatic rings. The van der Waals surface area contributed by atoms with Crippen molar-refractivity contribution in [1.29, 1.82) is 0 Å². The number of hydrogen-bond acceptors (Lipinski definition) is 3. The normalized spacial score (nSPS) is 10.9. The maximum atomic E-state index is 8.72. The largest absolute Gasteiger partial charge is 0.467 e. The molecule has 0 atom stereocenters. The first-order valence-corrected chi connectivity index (χ1v) is 9.19. The second-order valence-electron chi connectivity index (χ2n) is 6.17. The molecule has 0 heterocycles. The number of aryl methyl sites for hydroxylation is 1. The predicted octanol–water partition coefficient (Wildman–Crippen LogP) is 5.11. The van der Waals surface area contributed by atoms with Crippen molar-refractivity contribution in [2.75, 3.05) is 20.5 Å². The van der Waals surface area contributed by atoms with Crippen molar-refractivity contribution in [1.82, 2.24) is 0 Å². The number of hydrogen-bond donors (Lipinski definition) is 1. The van der Waals surface area contributed by atoms with Gasteiger partial charge in [0.1, 0.15) is 5.75 Å². The molecule has 0 unspecified atom stereocenters. The minimum atomic E-state index is 0.315. The molecule has 132 valence electrons. The lowest BCUT2D eigenvalue weighted by molar-refractivity contribution is 0.0504. The number of aliphatic hydroxyl groups excluding tert-OH is 1. The summed E-state index contributed by atoms with van der Waals surface area (Å²) < 4.78 is 10.6. The van der Waals surface area contributed by atoms with Gasteiger partial charge in [-0.15, -0.1) is 0 Å². The molecule has 0 aliphatic carbocycles. The van der Waals surface area contributed by atoms with Crippen LogP contribution in [0.5, 0.6) is 5.75 Å². The molecule has 1 rings (SSSR count). The molecule has 0 aromatic heterocycles. The number of para-hydroxylation sites is 1. The maximum Gasteiger partial charge on any atom is 0.188 e. The highest BCUT2D eigenvalue weighted by Gasteiger charge is 2.02. The molecule has 0 aliphatic heterocycles. The smallest absolute Gasteiger partial charge is 0.188 e. The molecule has 1 aromatic carbocycles. The van der Waals surface area contributed by atoms with Gasteiger partial charge in [-0.3, -0.25) is 0 Å². The van der Waals surface area contributed by atoms with E-state index in [1.165, 1.54) is 63.4 Å². The van der Waals surface area contributed by atoms with Crippen LogP contribution in [0.3, 0.4) is 0 Å². The third-order valence-corrected chi connectivity index (χ3v) is 4.16. The van der Waals surface area contributed by atoms with Crippen LogP contribution >= 0.6 is 0 Å². The van der Waals surface area contributed by atoms with E-state index in [1.54, 1.807) is 7.11 Å². The number of rotatable bonds is 15. The number of aliphatic hydroxyl groups is 1. The molecule has 0 saturated carbocycles. The van der Waals surface area contributed by atoms with Crippen molar-refractivity contribution in [3.8, 4) is 5.75 Å². The summed E-state index contributed by atoms with van der Waals surface area (Å²) in [4.78, 5) is 0. The van der Waals surface area contributed by atoms with E-state index in [9.17, 15) is 0 Å². The minimum Gasteiger partial charge on any atom is -0.467 e. The first-order chi connectivity index (χ1) is 11.4. The van der Waals surface area contributed by atoms with Gasteiger partial charge in [-0.2, -0.15) is 0 Å². The maximum absolute atomic E-state index is 8.72. The number of methoxy groups -OCH3 is 1. The van der Waals surface area contributed by atoms with Crippen LogP contribution < -0.4 is 4.74 Å². The zero-order chi connectivity index (χ0) is 16.6. The average Bonchev–Trinajstić information content (AvgIpc) is 2.58. The second-order valence-corrected chi connectivity index (χ2v) is 6.17. The number of ether oxygens (including phenoxy) is 2. The summed E-state index contributed by atoms with van der Waals surface area (Å²) in [5.41, 5.74) is 1.29. The third kappa shape index (κ3) is 10.4. The Kier molecular flexibility index (Phi) is 12.6. The third-order valence-electron chi connectivity index (χ3n) is 4.16. The van der Waals surface area contributed by atoms with Crippen LogP contribution in [-0.2, 0) is 11.2 Å². The van der Waals surface area contributed by atoms with E-state index >= 15 is 0 Å². The lowest BCUT2D eigenvalue weighted by Gasteiger charge is -2.10. The van der Waals surface area contributed by atoms with Crippen LogP contribution in [0.2, 0.25) is 0 Å². The SMILES string of the molecule is COCOc1ccccc1CCCCCCCCCCCCO. The summed E-state index contributed by atoms with van der Waals surface area (Å²) >= 11 is 0. The molecule has 0 radical (unpaired) electrons. The fourth-order valence-corrected chi connectivity index (χ4v) is 2.82. The van der Waals surface area contributed by atoms with Gasteiger partial charge in [-0.05, 0) is 30.9 Å². The molecule has 1 N–H and O–H groups in total. The van der Waals surface area contributed by atoms with Crippen LogP contribution in [0.25, 0.3) is 0 Å². The molecule has 0 bridgehead atoms. The monoisotopic (exact) mass is 322 g/mol. The Morgan fingerprint density at radius 3 is 1.96 bits per heavy atom. The van der Waals surface area contributed by atoms with Crippen molar-refractivity contribution in [3.05, 3.63) is 29.8 Å². The van der Waals surface area contributed by atoms with Gasteiger partial charge in [0.2, 0.25) is 0 Å². The molecule has 0 amide bonds. The summed E-state index contributed by atoms with van der Waals surface area (Å²) in [6, 6.07) is 8.25.